The van der Waals surface area contributed by atoms with Gasteiger partial charge in [0.15, 0.2) is 0 Å². The number of fused-ring (bicyclic) bond motifs is 6. The van der Waals surface area contributed by atoms with Gasteiger partial charge in [0.05, 0.1) is 4.58 Å². The van der Waals surface area contributed by atoms with Gasteiger partial charge in [0, 0.05) is 56.2 Å². The third kappa shape index (κ3) is 4.71. The van der Waals surface area contributed by atoms with Gasteiger partial charge < -0.3 is 4.74 Å². The lowest BCUT2D eigenvalue weighted by Crippen LogP contribution is -2.03. The Labute approximate surface area is 248 Å². The first-order valence-electron chi connectivity index (χ1n) is 12.8. The molecule has 0 N–H and O–H groups in total. The third-order valence-electron chi connectivity index (χ3n) is 6.72. The van der Waals surface area contributed by atoms with Gasteiger partial charge in [-0.1, -0.05) is 79.4 Å². The maximum absolute atomic E-state index is 12.0. The highest BCUT2D eigenvalue weighted by molar-refractivity contribution is 8.16. The fourth-order valence-electron chi connectivity index (χ4n) is 4.90. The number of rotatable bonds is 7. The molecule has 0 fully saturated rings. The standard InChI is InChI=1S/C34H22O2S4/c1-2-31(35)36-22-11-7-10-21(20-22)34(39-29-18-8-14-25-23-12-3-5-16-27(23)37-32(25)29)40-30-19-9-15-26-24-13-4-6-17-28(24)38-33(26)30/h2-20,34H,1H2. The highest BCUT2D eigenvalue weighted by Gasteiger charge is 2.21. The molecule has 0 aliphatic heterocycles. The van der Waals surface area contributed by atoms with E-state index in [9.17, 15) is 4.79 Å². The Morgan fingerprint density at radius 3 is 1.77 bits per heavy atom. The van der Waals surface area contributed by atoms with Crippen molar-refractivity contribution in [3.05, 3.63) is 127 Å². The van der Waals surface area contributed by atoms with Gasteiger partial charge in [0.25, 0.3) is 0 Å². The fourth-order valence-corrected chi connectivity index (χ4v) is 10.3. The molecule has 40 heavy (non-hydrogen) atoms. The number of ether oxygens (including phenoxy) is 1. The highest BCUT2D eigenvalue weighted by Crippen LogP contribution is 2.53. The van der Waals surface area contributed by atoms with E-state index in [0.29, 0.717) is 5.75 Å². The van der Waals surface area contributed by atoms with Crippen molar-refractivity contribution < 1.29 is 9.53 Å². The van der Waals surface area contributed by atoms with E-state index in [1.54, 1.807) is 0 Å². The molecule has 0 unspecified atom stereocenters. The van der Waals surface area contributed by atoms with Gasteiger partial charge >= 0.3 is 5.97 Å². The number of benzene rings is 5. The van der Waals surface area contributed by atoms with Gasteiger partial charge in [-0.25, -0.2) is 4.79 Å². The molecule has 0 saturated heterocycles. The van der Waals surface area contributed by atoms with Crippen molar-refractivity contribution in [2.75, 3.05) is 0 Å². The van der Waals surface area contributed by atoms with Gasteiger partial charge in [-0.2, -0.15) is 0 Å². The van der Waals surface area contributed by atoms with Crippen LogP contribution in [-0.2, 0) is 4.79 Å². The Morgan fingerprint density at radius 2 is 1.20 bits per heavy atom. The van der Waals surface area contributed by atoms with Crippen LogP contribution in [0.5, 0.6) is 5.75 Å². The predicted molar refractivity (Wildman–Crippen MR) is 175 cm³/mol. The SMILES string of the molecule is C=CC(=O)Oc1cccc(C(Sc2cccc3c2sc2ccccc23)Sc2cccc3c2sc2ccccc23)c1. The summed E-state index contributed by atoms with van der Waals surface area (Å²) in [5.41, 5.74) is 1.08. The summed E-state index contributed by atoms with van der Waals surface area (Å²) in [5, 5.41) is 5.16. The minimum absolute atomic E-state index is 0.0222. The van der Waals surface area contributed by atoms with E-state index < -0.39 is 5.97 Å². The topological polar surface area (TPSA) is 26.3 Å². The summed E-state index contributed by atoms with van der Waals surface area (Å²) >= 11 is 7.38. The number of carbonyl (C=O) groups is 1. The second-order valence-electron chi connectivity index (χ2n) is 9.23. The van der Waals surface area contributed by atoms with Crippen LogP contribution >= 0.6 is 46.2 Å². The Bertz CT molecular complexity index is 1940. The molecule has 0 aliphatic carbocycles. The molecule has 0 spiro atoms. The lowest BCUT2D eigenvalue weighted by atomic mass is 10.1. The summed E-state index contributed by atoms with van der Waals surface area (Å²) in [6.07, 6.45) is 1.19. The molecular weight excluding hydrogens is 569 g/mol. The first kappa shape index (κ1) is 25.4. The summed E-state index contributed by atoms with van der Waals surface area (Å²) in [7, 11) is 0. The Kier molecular flexibility index (Phi) is 6.86. The predicted octanol–water partition coefficient (Wildman–Crippen LogP) is 11.1. The first-order chi connectivity index (χ1) is 19.7. The van der Waals surface area contributed by atoms with Crippen molar-refractivity contribution in [2.24, 2.45) is 0 Å². The quantitative estimate of drug-likeness (QED) is 0.0606. The van der Waals surface area contributed by atoms with E-state index in [1.807, 2.05) is 64.4 Å². The lowest BCUT2D eigenvalue weighted by Gasteiger charge is -2.18. The van der Waals surface area contributed by atoms with Crippen molar-refractivity contribution in [3.63, 3.8) is 0 Å². The van der Waals surface area contributed by atoms with Crippen LogP contribution < -0.4 is 4.74 Å². The molecule has 7 rings (SSSR count). The molecule has 194 valence electrons. The van der Waals surface area contributed by atoms with Crippen LogP contribution in [0, 0.1) is 0 Å². The van der Waals surface area contributed by atoms with E-state index in [2.05, 4.69) is 97.6 Å². The number of hydrogen-bond acceptors (Lipinski definition) is 6. The summed E-state index contributed by atoms with van der Waals surface area (Å²) in [5.74, 6) is 0.0628. The molecule has 2 nitrogen and oxygen atoms in total. The average molecular weight is 591 g/mol. The van der Waals surface area contributed by atoms with Crippen molar-refractivity contribution >= 4 is 92.5 Å². The Morgan fingerprint density at radius 1 is 0.675 bits per heavy atom. The number of hydrogen-bond donors (Lipinski definition) is 0. The van der Waals surface area contributed by atoms with E-state index in [4.69, 9.17) is 4.74 Å². The number of esters is 1. The van der Waals surface area contributed by atoms with Gasteiger partial charge in [-0.3, -0.25) is 0 Å². The molecule has 0 atom stereocenters. The maximum Gasteiger partial charge on any atom is 0.335 e. The zero-order valence-electron chi connectivity index (χ0n) is 21.2. The normalized spacial score (nSPS) is 11.6. The molecule has 0 saturated carbocycles. The largest absolute Gasteiger partial charge is 0.423 e. The van der Waals surface area contributed by atoms with E-state index in [0.717, 1.165) is 5.56 Å². The Balaban J connectivity index is 1.34. The monoisotopic (exact) mass is 590 g/mol. The van der Waals surface area contributed by atoms with Crippen LogP contribution in [0.2, 0.25) is 0 Å². The summed E-state index contributed by atoms with van der Waals surface area (Å²) in [6, 6.07) is 38.3. The minimum Gasteiger partial charge on any atom is -0.423 e. The van der Waals surface area contributed by atoms with E-state index in [1.165, 1.54) is 56.2 Å². The van der Waals surface area contributed by atoms with Crippen molar-refractivity contribution in [2.45, 2.75) is 14.4 Å². The van der Waals surface area contributed by atoms with Crippen LogP contribution in [0.4, 0.5) is 0 Å². The van der Waals surface area contributed by atoms with Gasteiger partial charge in [0.2, 0.25) is 0 Å². The van der Waals surface area contributed by atoms with Gasteiger partial charge in [-0.05, 0) is 42.0 Å². The first-order valence-corrected chi connectivity index (χ1v) is 16.2. The Hall–Kier alpha value is -3.55. The van der Waals surface area contributed by atoms with Crippen molar-refractivity contribution in [3.8, 4) is 5.75 Å². The van der Waals surface area contributed by atoms with Gasteiger partial charge in [0.1, 0.15) is 5.75 Å². The fraction of sp³-hybridized carbons (Fsp3) is 0.0294. The average Bonchev–Trinajstić information content (AvgIpc) is 3.57. The number of thiophene rings is 2. The summed E-state index contributed by atoms with van der Waals surface area (Å²) in [6.45, 7) is 3.54. The lowest BCUT2D eigenvalue weighted by molar-refractivity contribution is -0.128. The van der Waals surface area contributed by atoms with Crippen LogP contribution in [0.25, 0.3) is 40.3 Å². The summed E-state index contributed by atoms with van der Waals surface area (Å²) in [4.78, 5) is 14.4. The van der Waals surface area contributed by atoms with Crippen LogP contribution in [0.3, 0.4) is 0 Å². The van der Waals surface area contributed by atoms with E-state index in [-0.39, 0.29) is 4.58 Å². The van der Waals surface area contributed by atoms with Crippen LogP contribution in [0.15, 0.2) is 132 Å². The second kappa shape index (κ2) is 10.8. The molecule has 6 heteroatoms. The summed E-state index contributed by atoms with van der Waals surface area (Å²) < 4.78 is 10.7. The van der Waals surface area contributed by atoms with E-state index >= 15 is 0 Å². The molecule has 0 bridgehead atoms. The molecular formula is C34H22O2S4. The van der Waals surface area contributed by atoms with Crippen molar-refractivity contribution in [1.82, 2.24) is 0 Å². The molecule has 2 aromatic heterocycles. The molecule has 2 heterocycles. The molecule has 0 amide bonds. The second-order valence-corrected chi connectivity index (χ2v) is 13.9. The minimum atomic E-state index is -0.459. The molecule has 0 radical (unpaired) electrons. The number of thioether (sulfide) groups is 2. The van der Waals surface area contributed by atoms with Crippen LogP contribution in [-0.4, -0.2) is 5.97 Å². The maximum atomic E-state index is 12.0. The third-order valence-corrected chi connectivity index (χ3v) is 12.2. The molecule has 7 aromatic rings. The van der Waals surface area contributed by atoms with Crippen molar-refractivity contribution in [1.29, 1.82) is 0 Å². The highest BCUT2D eigenvalue weighted by atomic mass is 32.2. The number of carbonyl (C=O) groups excluding carboxylic acids is 1. The van der Waals surface area contributed by atoms with Crippen LogP contribution in [0.1, 0.15) is 10.1 Å². The van der Waals surface area contributed by atoms with Gasteiger partial charge in [-0.15, -0.1) is 46.2 Å². The zero-order chi connectivity index (χ0) is 27.1. The molecule has 0 aliphatic rings. The zero-order valence-corrected chi connectivity index (χ0v) is 24.5. The molecule has 5 aromatic carbocycles. The smallest absolute Gasteiger partial charge is 0.335 e.